The minimum Gasteiger partial charge on any atom is -0.481 e. The molecule has 1 saturated carbocycles. The molecule has 0 radical (unpaired) electrons. The Kier molecular flexibility index (Phi) is 4.31. The van der Waals surface area contributed by atoms with Crippen LogP contribution in [0.1, 0.15) is 58.8 Å². The molecule has 0 bridgehead atoms. The van der Waals surface area contributed by atoms with E-state index in [-0.39, 0.29) is 0 Å². The first-order valence-corrected chi connectivity index (χ1v) is 7.58. The highest BCUT2D eigenvalue weighted by Gasteiger charge is 2.46. The molecule has 2 rings (SSSR count). The van der Waals surface area contributed by atoms with E-state index >= 15 is 0 Å². The van der Waals surface area contributed by atoms with Gasteiger partial charge in [0.2, 0.25) is 0 Å². The third-order valence-electron chi connectivity index (χ3n) is 5.17. The molecule has 3 nitrogen and oxygen atoms in total. The summed E-state index contributed by atoms with van der Waals surface area (Å²) in [6, 6.07) is 0.660. The van der Waals surface area contributed by atoms with Crippen molar-refractivity contribution in [1.82, 2.24) is 4.90 Å². The molecule has 0 spiro atoms. The van der Waals surface area contributed by atoms with E-state index in [1.165, 1.54) is 25.7 Å². The smallest absolute Gasteiger partial charge is 0.310 e. The normalized spacial score (nSPS) is 37.2. The van der Waals surface area contributed by atoms with Gasteiger partial charge in [-0.15, -0.1) is 0 Å². The summed E-state index contributed by atoms with van der Waals surface area (Å²) in [4.78, 5) is 14.0. The standard InChI is InChI=1S/C15H27NO2/c1-3-7-15(14(17)18)8-9-16(11-15)13-6-5-12(4-2)10-13/h12-13H,3-11H2,1-2H3,(H,17,18). The van der Waals surface area contributed by atoms with Crippen LogP contribution in [0, 0.1) is 11.3 Å². The van der Waals surface area contributed by atoms with Crippen LogP contribution in [0.5, 0.6) is 0 Å². The molecule has 3 heteroatoms. The van der Waals surface area contributed by atoms with Crippen LogP contribution >= 0.6 is 0 Å². The second-order valence-corrected chi connectivity index (χ2v) is 6.30. The van der Waals surface area contributed by atoms with Gasteiger partial charge in [0.15, 0.2) is 0 Å². The Morgan fingerprint density at radius 2 is 2.17 bits per heavy atom. The van der Waals surface area contributed by atoms with Crippen molar-refractivity contribution in [3.05, 3.63) is 0 Å². The number of nitrogens with zero attached hydrogens (tertiary/aromatic N) is 1. The van der Waals surface area contributed by atoms with Gasteiger partial charge in [0, 0.05) is 12.6 Å². The van der Waals surface area contributed by atoms with Gasteiger partial charge in [-0.25, -0.2) is 0 Å². The van der Waals surface area contributed by atoms with Crippen molar-refractivity contribution >= 4 is 5.97 Å². The van der Waals surface area contributed by atoms with Crippen molar-refractivity contribution in [2.75, 3.05) is 13.1 Å². The molecule has 0 aromatic rings. The third-order valence-corrected chi connectivity index (χ3v) is 5.17. The first kappa shape index (κ1) is 13.9. The fourth-order valence-electron chi connectivity index (χ4n) is 3.93. The predicted molar refractivity (Wildman–Crippen MR) is 72.6 cm³/mol. The number of aliphatic carboxylic acids is 1. The zero-order chi connectivity index (χ0) is 13.2. The van der Waals surface area contributed by atoms with Gasteiger partial charge in [0.05, 0.1) is 5.41 Å². The third kappa shape index (κ3) is 2.56. The van der Waals surface area contributed by atoms with Crippen LogP contribution in [0.15, 0.2) is 0 Å². The highest BCUT2D eigenvalue weighted by Crippen LogP contribution is 2.40. The average molecular weight is 253 g/mol. The van der Waals surface area contributed by atoms with Crippen LogP contribution in [-0.2, 0) is 4.79 Å². The fraction of sp³-hybridized carbons (Fsp3) is 0.933. The van der Waals surface area contributed by atoms with Crippen molar-refractivity contribution in [2.45, 2.75) is 64.8 Å². The van der Waals surface area contributed by atoms with E-state index in [1.807, 2.05) is 0 Å². The quantitative estimate of drug-likeness (QED) is 0.818. The number of carbonyl (C=O) groups is 1. The lowest BCUT2D eigenvalue weighted by Gasteiger charge is -2.28. The second kappa shape index (κ2) is 5.60. The lowest BCUT2D eigenvalue weighted by Crippen LogP contribution is -2.38. The molecular formula is C15H27NO2. The summed E-state index contributed by atoms with van der Waals surface area (Å²) in [6.45, 7) is 6.15. The molecule has 0 aromatic carbocycles. The molecule has 1 N–H and O–H groups in total. The Bertz CT molecular complexity index is 305. The van der Waals surface area contributed by atoms with Gasteiger partial charge in [-0.2, -0.15) is 0 Å². The van der Waals surface area contributed by atoms with E-state index in [4.69, 9.17) is 0 Å². The molecule has 1 aliphatic carbocycles. The molecule has 18 heavy (non-hydrogen) atoms. The number of carboxylic acids is 1. The molecule has 2 fully saturated rings. The number of rotatable bonds is 5. The molecule has 0 amide bonds. The van der Waals surface area contributed by atoms with Gasteiger partial charge in [-0.1, -0.05) is 26.7 Å². The molecule has 3 atom stereocenters. The van der Waals surface area contributed by atoms with Gasteiger partial charge in [-0.3, -0.25) is 9.69 Å². The lowest BCUT2D eigenvalue weighted by molar-refractivity contribution is -0.148. The number of carboxylic acid groups (broad SMARTS) is 1. The van der Waals surface area contributed by atoms with Crippen LogP contribution in [0.2, 0.25) is 0 Å². The van der Waals surface area contributed by atoms with Crippen LogP contribution < -0.4 is 0 Å². The van der Waals surface area contributed by atoms with E-state index in [2.05, 4.69) is 18.7 Å². The van der Waals surface area contributed by atoms with Crippen LogP contribution in [-0.4, -0.2) is 35.1 Å². The maximum Gasteiger partial charge on any atom is 0.310 e. The van der Waals surface area contributed by atoms with Gasteiger partial charge >= 0.3 is 5.97 Å². The minimum atomic E-state index is -0.572. The SMILES string of the molecule is CCCC1(C(=O)O)CCN(C2CCC(CC)C2)C1. The number of likely N-dealkylation sites (tertiary alicyclic amines) is 1. The maximum absolute atomic E-state index is 11.6. The van der Waals surface area contributed by atoms with Crippen molar-refractivity contribution in [3.63, 3.8) is 0 Å². The molecule has 1 saturated heterocycles. The lowest BCUT2D eigenvalue weighted by atomic mass is 9.82. The topological polar surface area (TPSA) is 40.5 Å². The summed E-state index contributed by atoms with van der Waals surface area (Å²) in [5, 5.41) is 9.53. The Labute approximate surface area is 111 Å². The molecule has 104 valence electrons. The van der Waals surface area contributed by atoms with Crippen LogP contribution in [0.3, 0.4) is 0 Å². The van der Waals surface area contributed by atoms with E-state index < -0.39 is 11.4 Å². The van der Waals surface area contributed by atoms with Gasteiger partial charge in [0.1, 0.15) is 0 Å². The van der Waals surface area contributed by atoms with E-state index in [1.54, 1.807) is 0 Å². The number of hydrogen-bond acceptors (Lipinski definition) is 2. The first-order valence-electron chi connectivity index (χ1n) is 7.58. The largest absolute Gasteiger partial charge is 0.481 e. The van der Waals surface area contributed by atoms with Crippen LogP contribution in [0.4, 0.5) is 0 Å². The highest BCUT2D eigenvalue weighted by atomic mass is 16.4. The Balaban J connectivity index is 1.96. The Morgan fingerprint density at radius 3 is 2.72 bits per heavy atom. The Hall–Kier alpha value is -0.570. The van der Waals surface area contributed by atoms with Crippen molar-refractivity contribution in [2.24, 2.45) is 11.3 Å². The fourth-order valence-corrected chi connectivity index (χ4v) is 3.93. The first-order chi connectivity index (χ1) is 8.61. The monoisotopic (exact) mass is 253 g/mol. The van der Waals surface area contributed by atoms with Crippen molar-refractivity contribution in [1.29, 1.82) is 0 Å². The van der Waals surface area contributed by atoms with E-state index in [0.29, 0.717) is 6.04 Å². The zero-order valence-electron chi connectivity index (χ0n) is 11.8. The summed E-state index contributed by atoms with van der Waals surface area (Å²) < 4.78 is 0. The van der Waals surface area contributed by atoms with Crippen molar-refractivity contribution < 1.29 is 9.90 Å². The number of hydrogen-bond donors (Lipinski definition) is 1. The molecule has 2 aliphatic rings. The molecule has 1 heterocycles. The van der Waals surface area contributed by atoms with E-state index in [9.17, 15) is 9.90 Å². The average Bonchev–Trinajstić information content (AvgIpc) is 2.95. The summed E-state index contributed by atoms with van der Waals surface area (Å²) in [5.41, 5.74) is -0.445. The van der Waals surface area contributed by atoms with Crippen molar-refractivity contribution in [3.8, 4) is 0 Å². The molecular weight excluding hydrogens is 226 g/mol. The summed E-state index contributed by atoms with van der Waals surface area (Å²) >= 11 is 0. The Morgan fingerprint density at radius 1 is 1.39 bits per heavy atom. The summed E-state index contributed by atoms with van der Waals surface area (Å²) in [5.74, 6) is 0.304. The van der Waals surface area contributed by atoms with Crippen LogP contribution in [0.25, 0.3) is 0 Å². The second-order valence-electron chi connectivity index (χ2n) is 6.30. The van der Waals surface area contributed by atoms with Gasteiger partial charge in [-0.05, 0) is 44.6 Å². The summed E-state index contributed by atoms with van der Waals surface area (Å²) in [7, 11) is 0. The maximum atomic E-state index is 11.6. The highest BCUT2D eigenvalue weighted by molar-refractivity contribution is 5.75. The van der Waals surface area contributed by atoms with Gasteiger partial charge < -0.3 is 5.11 Å². The van der Waals surface area contributed by atoms with E-state index in [0.717, 1.165) is 38.3 Å². The van der Waals surface area contributed by atoms with Gasteiger partial charge in [0.25, 0.3) is 0 Å². The minimum absolute atomic E-state index is 0.445. The predicted octanol–water partition coefficient (Wildman–Crippen LogP) is 3.14. The zero-order valence-corrected chi connectivity index (χ0v) is 11.8. The summed E-state index contributed by atoms with van der Waals surface area (Å²) in [6.07, 6.45) is 7.85. The molecule has 0 aromatic heterocycles. The molecule has 3 unspecified atom stereocenters. The molecule has 1 aliphatic heterocycles.